The summed E-state index contributed by atoms with van der Waals surface area (Å²) in [5, 5.41) is 11.8. The molecule has 1 atom stereocenters. The number of hydrogen-bond donors (Lipinski definition) is 2. The predicted octanol–water partition coefficient (Wildman–Crippen LogP) is 3.76. The minimum absolute atomic E-state index is 0.217. The van der Waals surface area contributed by atoms with Gasteiger partial charge in [0.05, 0.1) is 4.47 Å². The molecular weight excluding hydrogens is 398 g/mol. The van der Waals surface area contributed by atoms with Gasteiger partial charge in [-0.1, -0.05) is 50.2 Å². The van der Waals surface area contributed by atoms with E-state index >= 15 is 0 Å². The average molecular weight is 420 g/mol. The van der Waals surface area contributed by atoms with Crippen molar-refractivity contribution >= 4 is 27.8 Å². The van der Waals surface area contributed by atoms with Crippen molar-refractivity contribution < 1.29 is 19.4 Å². The molecule has 0 spiro atoms. The quantitative estimate of drug-likeness (QED) is 0.682. The Bertz CT molecular complexity index is 762. The van der Waals surface area contributed by atoms with E-state index in [1.807, 2.05) is 42.5 Å². The molecule has 0 fully saturated rings. The SMILES string of the molecule is CC(C)c1ccc(OCC(=O)NC(Cc2ccccc2)C(=O)O)c(Br)c1. The zero-order valence-corrected chi connectivity index (χ0v) is 16.3. The summed E-state index contributed by atoms with van der Waals surface area (Å²) in [5.74, 6) is -0.629. The summed E-state index contributed by atoms with van der Waals surface area (Å²) < 4.78 is 6.27. The van der Waals surface area contributed by atoms with Crippen LogP contribution in [0.4, 0.5) is 0 Å². The lowest BCUT2D eigenvalue weighted by Gasteiger charge is -2.16. The molecule has 0 bridgehead atoms. The maximum absolute atomic E-state index is 12.1. The molecule has 0 saturated carbocycles. The molecule has 2 aromatic carbocycles. The first-order chi connectivity index (χ1) is 12.4. The molecule has 0 aliphatic heterocycles. The number of carbonyl (C=O) groups is 2. The Morgan fingerprint density at radius 1 is 1.15 bits per heavy atom. The number of carboxylic acid groups (broad SMARTS) is 1. The first-order valence-electron chi connectivity index (χ1n) is 8.35. The first-order valence-corrected chi connectivity index (χ1v) is 9.14. The van der Waals surface area contributed by atoms with Crippen LogP contribution in [0.15, 0.2) is 53.0 Å². The lowest BCUT2D eigenvalue weighted by Crippen LogP contribution is -2.44. The van der Waals surface area contributed by atoms with E-state index in [1.54, 1.807) is 6.07 Å². The van der Waals surface area contributed by atoms with Gasteiger partial charge in [-0.25, -0.2) is 4.79 Å². The van der Waals surface area contributed by atoms with Crippen molar-refractivity contribution in [3.05, 3.63) is 64.1 Å². The van der Waals surface area contributed by atoms with Crippen molar-refractivity contribution in [3.8, 4) is 5.75 Å². The monoisotopic (exact) mass is 419 g/mol. The van der Waals surface area contributed by atoms with Crippen molar-refractivity contribution in [2.75, 3.05) is 6.61 Å². The first kappa shape index (κ1) is 20.0. The maximum Gasteiger partial charge on any atom is 0.326 e. The number of amides is 1. The van der Waals surface area contributed by atoms with Crippen LogP contribution >= 0.6 is 15.9 Å². The molecule has 0 aliphatic carbocycles. The fraction of sp³-hybridized carbons (Fsp3) is 0.300. The molecule has 0 aliphatic rings. The number of carbonyl (C=O) groups excluding carboxylic acids is 1. The summed E-state index contributed by atoms with van der Waals surface area (Å²) in [4.78, 5) is 23.5. The summed E-state index contributed by atoms with van der Waals surface area (Å²) >= 11 is 3.43. The van der Waals surface area contributed by atoms with Gasteiger partial charge in [-0.2, -0.15) is 0 Å². The Kier molecular flexibility index (Phi) is 7.21. The third kappa shape index (κ3) is 5.88. The van der Waals surface area contributed by atoms with Gasteiger partial charge in [0.1, 0.15) is 11.8 Å². The largest absolute Gasteiger partial charge is 0.483 e. The van der Waals surface area contributed by atoms with Crippen LogP contribution in [-0.4, -0.2) is 29.6 Å². The van der Waals surface area contributed by atoms with E-state index in [0.29, 0.717) is 11.7 Å². The molecule has 2 N–H and O–H groups in total. The minimum atomic E-state index is -1.08. The number of carboxylic acids is 1. The topological polar surface area (TPSA) is 75.6 Å². The van der Waals surface area contributed by atoms with E-state index in [4.69, 9.17) is 4.74 Å². The lowest BCUT2D eigenvalue weighted by molar-refractivity contribution is -0.142. The molecule has 6 heteroatoms. The van der Waals surface area contributed by atoms with Crippen LogP contribution in [-0.2, 0) is 16.0 Å². The molecule has 0 aromatic heterocycles. The van der Waals surface area contributed by atoms with Gasteiger partial charge in [-0.05, 0) is 45.1 Å². The van der Waals surface area contributed by atoms with Crippen LogP contribution in [0.3, 0.4) is 0 Å². The van der Waals surface area contributed by atoms with Crippen molar-refractivity contribution in [2.45, 2.75) is 32.2 Å². The molecular formula is C20H22BrNO4. The van der Waals surface area contributed by atoms with E-state index < -0.39 is 17.9 Å². The Morgan fingerprint density at radius 3 is 2.42 bits per heavy atom. The van der Waals surface area contributed by atoms with Crippen LogP contribution in [0.25, 0.3) is 0 Å². The highest BCUT2D eigenvalue weighted by molar-refractivity contribution is 9.10. The number of ether oxygens (including phenoxy) is 1. The number of halogens is 1. The number of benzene rings is 2. The standard InChI is InChI=1S/C20H22BrNO4/c1-13(2)15-8-9-18(16(21)11-15)26-12-19(23)22-17(20(24)25)10-14-6-4-3-5-7-14/h3-9,11,13,17H,10,12H2,1-2H3,(H,22,23)(H,24,25). The molecule has 1 amide bonds. The second kappa shape index (κ2) is 9.38. The van der Waals surface area contributed by atoms with E-state index in [2.05, 4.69) is 35.1 Å². The second-order valence-corrected chi connectivity index (χ2v) is 7.14. The molecule has 0 heterocycles. The summed E-state index contributed by atoms with van der Waals surface area (Å²) in [7, 11) is 0. The van der Waals surface area contributed by atoms with Crippen LogP contribution in [0.1, 0.15) is 30.9 Å². The Morgan fingerprint density at radius 2 is 1.85 bits per heavy atom. The second-order valence-electron chi connectivity index (χ2n) is 6.28. The zero-order valence-electron chi connectivity index (χ0n) is 14.7. The average Bonchev–Trinajstić information content (AvgIpc) is 2.60. The van der Waals surface area contributed by atoms with E-state index in [1.165, 1.54) is 0 Å². The summed E-state index contributed by atoms with van der Waals surface area (Å²) in [6, 6.07) is 13.9. The summed E-state index contributed by atoms with van der Waals surface area (Å²) in [5.41, 5.74) is 2.00. The highest BCUT2D eigenvalue weighted by Gasteiger charge is 2.20. The van der Waals surface area contributed by atoms with Gasteiger partial charge < -0.3 is 15.2 Å². The maximum atomic E-state index is 12.1. The normalized spacial score (nSPS) is 11.8. The van der Waals surface area contributed by atoms with Gasteiger partial charge in [-0.3, -0.25) is 4.79 Å². The Labute approximate surface area is 161 Å². The highest BCUT2D eigenvalue weighted by Crippen LogP contribution is 2.28. The van der Waals surface area contributed by atoms with E-state index in [-0.39, 0.29) is 13.0 Å². The number of nitrogens with one attached hydrogen (secondary N) is 1. The van der Waals surface area contributed by atoms with E-state index in [0.717, 1.165) is 15.6 Å². The van der Waals surface area contributed by atoms with Gasteiger partial charge in [0, 0.05) is 6.42 Å². The molecule has 138 valence electrons. The molecule has 5 nitrogen and oxygen atoms in total. The van der Waals surface area contributed by atoms with Crippen molar-refractivity contribution in [2.24, 2.45) is 0 Å². The van der Waals surface area contributed by atoms with Crippen LogP contribution < -0.4 is 10.1 Å². The van der Waals surface area contributed by atoms with Gasteiger partial charge in [0.15, 0.2) is 6.61 Å². The highest BCUT2D eigenvalue weighted by atomic mass is 79.9. The fourth-order valence-corrected chi connectivity index (χ4v) is 2.93. The third-order valence-electron chi connectivity index (χ3n) is 3.90. The smallest absolute Gasteiger partial charge is 0.326 e. The molecule has 0 saturated heterocycles. The van der Waals surface area contributed by atoms with Crippen molar-refractivity contribution in [1.82, 2.24) is 5.32 Å². The van der Waals surface area contributed by atoms with Gasteiger partial charge in [0.25, 0.3) is 5.91 Å². The van der Waals surface area contributed by atoms with E-state index in [9.17, 15) is 14.7 Å². The van der Waals surface area contributed by atoms with Gasteiger partial charge >= 0.3 is 5.97 Å². The summed E-state index contributed by atoms with van der Waals surface area (Å²) in [6.45, 7) is 3.93. The Balaban J connectivity index is 1.93. The number of aliphatic carboxylic acids is 1. The van der Waals surface area contributed by atoms with Crippen molar-refractivity contribution in [3.63, 3.8) is 0 Å². The van der Waals surface area contributed by atoms with Crippen LogP contribution in [0.2, 0.25) is 0 Å². The molecule has 26 heavy (non-hydrogen) atoms. The number of hydrogen-bond acceptors (Lipinski definition) is 3. The molecule has 2 aromatic rings. The van der Waals surface area contributed by atoms with Crippen LogP contribution in [0, 0.1) is 0 Å². The minimum Gasteiger partial charge on any atom is -0.483 e. The molecule has 1 unspecified atom stereocenters. The Hall–Kier alpha value is -2.34. The lowest BCUT2D eigenvalue weighted by atomic mass is 10.0. The molecule has 0 radical (unpaired) electrons. The fourth-order valence-electron chi connectivity index (χ4n) is 2.42. The van der Waals surface area contributed by atoms with Gasteiger partial charge in [0.2, 0.25) is 0 Å². The molecule has 2 rings (SSSR count). The summed E-state index contributed by atoms with van der Waals surface area (Å²) in [6.07, 6.45) is 0.217. The van der Waals surface area contributed by atoms with Crippen LogP contribution in [0.5, 0.6) is 5.75 Å². The van der Waals surface area contributed by atoms with Crippen molar-refractivity contribution in [1.29, 1.82) is 0 Å². The van der Waals surface area contributed by atoms with Gasteiger partial charge in [-0.15, -0.1) is 0 Å². The predicted molar refractivity (Wildman–Crippen MR) is 103 cm³/mol. The zero-order chi connectivity index (χ0) is 19.1. The third-order valence-corrected chi connectivity index (χ3v) is 4.52. The number of rotatable bonds is 8.